The van der Waals surface area contributed by atoms with Crippen LogP contribution in [0.4, 0.5) is 11.5 Å². The zero-order chi connectivity index (χ0) is 13.9. The number of rotatable bonds is 6. The van der Waals surface area contributed by atoms with E-state index in [1.54, 1.807) is 20.9 Å². The Morgan fingerprint density at radius 1 is 1.56 bits per heavy atom. The third kappa shape index (κ3) is 2.58. The third-order valence-corrected chi connectivity index (χ3v) is 2.59. The highest BCUT2D eigenvalue weighted by Crippen LogP contribution is 2.31. The third-order valence-electron chi connectivity index (χ3n) is 2.59. The van der Waals surface area contributed by atoms with Crippen molar-refractivity contribution in [3.8, 4) is 0 Å². The molecule has 0 aromatic carbocycles. The van der Waals surface area contributed by atoms with Gasteiger partial charge in [0.2, 0.25) is 5.82 Å². The zero-order valence-electron chi connectivity index (χ0n) is 10.6. The Labute approximate surface area is 104 Å². The molecule has 0 spiro atoms. The van der Waals surface area contributed by atoms with E-state index in [-0.39, 0.29) is 18.1 Å². The Bertz CT molecular complexity index is 469. The van der Waals surface area contributed by atoms with Gasteiger partial charge >= 0.3 is 11.7 Å². The van der Waals surface area contributed by atoms with Gasteiger partial charge in [-0.05, 0) is 13.3 Å². The number of hydrogen-bond donors (Lipinski definition) is 1. The number of aliphatic carboxylic acids is 1. The van der Waals surface area contributed by atoms with E-state index in [9.17, 15) is 14.9 Å². The van der Waals surface area contributed by atoms with Gasteiger partial charge < -0.3 is 10.0 Å². The zero-order valence-corrected chi connectivity index (χ0v) is 10.6. The summed E-state index contributed by atoms with van der Waals surface area (Å²) in [4.78, 5) is 22.8. The van der Waals surface area contributed by atoms with Crippen LogP contribution in [0.15, 0.2) is 0 Å². The molecule has 1 aromatic rings. The number of hydrogen-bond acceptors (Lipinski definition) is 5. The van der Waals surface area contributed by atoms with E-state index in [0.29, 0.717) is 18.7 Å². The number of aryl methyl sites for hydroxylation is 2. The molecule has 0 atom stereocenters. The maximum Gasteiger partial charge on any atom is 0.334 e. The minimum atomic E-state index is -1.04. The molecule has 8 nitrogen and oxygen atoms in total. The lowest BCUT2D eigenvalue weighted by atomic mass is 10.3. The summed E-state index contributed by atoms with van der Waals surface area (Å²) in [5.41, 5.74) is 0.254. The maximum absolute atomic E-state index is 11.1. The summed E-state index contributed by atoms with van der Waals surface area (Å²) in [6.07, 6.45) is 0.425. The number of anilines is 1. The van der Waals surface area contributed by atoms with Gasteiger partial charge in [-0.15, -0.1) is 0 Å². The molecule has 1 rings (SSSR count). The van der Waals surface area contributed by atoms with E-state index in [2.05, 4.69) is 5.10 Å². The highest BCUT2D eigenvalue weighted by molar-refractivity contribution is 5.75. The fourth-order valence-electron chi connectivity index (χ4n) is 1.84. The summed E-state index contributed by atoms with van der Waals surface area (Å²) in [5.74, 6) is -0.799. The molecule has 0 unspecified atom stereocenters. The monoisotopic (exact) mass is 256 g/mol. The van der Waals surface area contributed by atoms with Crippen molar-refractivity contribution in [2.24, 2.45) is 7.05 Å². The number of aromatic nitrogens is 2. The van der Waals surface area contributed by atoms with Crippen molar-refractivity contribution in [3.05, 3.63) is 15.8 Å². The van der Waals surface area contributed by atoms with Crippen LogP contribution in [-0.2, 0) is 18.3 Å². The average molecular weight is 256 g/mol. The highest BCUT2D eigenvalue weighted by atomic mass is 16.6. The molecule has 0 aliphatic rings. The molecule has 0 radical (unpaired) electrons. The summed E-state index contributed by atoms with van der Waals surface area (Å²) in [7, 11) is 1.58. The van der Waals surface area contributed by atoms with E-state index < -0.39 is 10.9 Å². The number of nitro groups is 1. The topological polar surface area (TPSA) is 102 Å². The number of likely N-dealkylation sites (N-methyl/N-ethyl adjacent to an activating group) is 1. The van der Waals surface area contributed by atoms with Gasteiger partial charge in [-0.1, -0.05) is 6.92 Å². The highest BCUT2D eigenvalue weighted by Gasteiger charge is 2.29. The largest absolute Gasteiger partial charge is 0.480 e. The first-order valence-corrected chi connectivity index (χ1v) is 5.59. The maximum atomic E-state index is 11.1. The molecule has 0 saturated heterocycles. The van der Waals surface area contributed by atoms with Gasteiger partial charge in [0.15, 0.2) is 0 Å². The van der Waals surface area contributed by atoms with Gasteiger partial charge in [0.05, 0.1) is 4.92 Å². The molecule has 1 heterocycles. The molecule has 0 bridgehead atoms. The van der Waals surface area contributed by atoms with Gasteiger partial charge in [-0.25, -0.2) is 4.68 Å². The second-order valence-electron chi connectivity index (χ2n) is 3.76. The number of carboxylic acid groups (broad SMARTS) is 1. The van der Waals surface area contributed by atoms with E-state index in [4.69, 9.17) is 5.11 Å². The molecule has 0 fully saturated rings. The van der Waals surface area contributed by atoms with Crippen molar-refractivity contribution >= 4 is 17.5 Å². The van der Waals surface area contributed by atoms with Crippen molar-refractivity contribution in [3.63, 3.8) is 0 Å². The van der Waals surface area contributed by atoms with Crippen molar-refractivity contribution in [2.45, 2.75) is 20.3 Å². The molecule has 1 aromatic heterocycles. The average Bonchev–Trinajstić information content (AvgIpc) is 2.62. The fraction of sp³-hybridized carbons (Fsp3) is 0.600. The van der Waals surface area contributed by atoms with E-state index in [0.717, 1.165) is 0 Å². The van der Waals surface area contributed by atoms with Crippen molar-refractivity contribution in [2.75, 3.05) is 18.0 Å². The first-order chi connectivity index (χ1) is 8.42. The van der Waals surface area contributed by atoms with E-state index >= 15 is 0 Å². The van der Waals surface area contributed by atoms with Gasteiger partial charge in [0.25, 0.3) is 0 Å². The van der Waals surface area contributed by atoms with Crippen LogP contribution in [-0.4, -0.2) is 38.9 Å². The predicted octanol–water partition coefficient (Wildman–Crippen LogP) is 0.802. The first kappa shape index (κ1) is 13.9. The first-order valence-electron chi connectivity index (χ1n) is 5.59. The Hall–Kier alpha value is -2.12. The molecule has 100 valence electrons. The van der Waals surface area contributed by atoms with Crippen LogP contribution in [0, 0.1) is 10.1 Å². The van der Waals surface area contributed by atoms with E-state index in [1.807, 2.05) is 0 Å². The minimum absolute atomic E-state index is 0.108. The fourth-order valence-corrected chi connectivity index (χ4v) is 1.84. The Kier molecular flexibility index (Phi) is 4.24. The normalized spacial score (nSPS) is 10.4. The van der Waals surface area contributed by atoms with E-state index in [1.165, 1.54) is 9.58 Å². The van der Waals surface area contributed by atoms with Gasteiger partial charge in [0, 0.05) is 13.6 Å². The van der Waals surface area contributed by atoms with Crippen LogP contribution in [0.5, 0.6) is 0 Å². The Morgan fingerprint density at radius 3 is 2.56 bits per heavy atom. The lowest BCUT2D eigenvalue weighted by molar-refractivity contribution is -0.384. The minimum Gasteiger partial charge on any atom is -0.480 e. The standard InChI is InChI=1S/C10H16N4O4/c1-4-7-9(14(17)18)10(12(3)11-7)13(5-2)6-8(15)16/h4-6H2,1-3H3,(H,15,16). The van der Waals surface area contributed by atoms with Crippen LogP contribution in [0.1, 0.15) is 19.5 Å². The van der Waals surface area contributed by atoms with Crippen LogP contribution >= 0.6 is 0 Å². The smallest absolute Gasteiger partial charge is 0.334 e. The van der Waals surface area contributed by atoms with Crippen molar-refractivity contribution in [1.82, 2.24) is 9.78 Å². The second-order valence-corrected chi connectivity index (χ2v) is 3.76. The van der Waals surface area contributed by atoms with Crippen molar-refractivity contribution < 1.29 is 14.8 Å². The van der Waals surface area contributed by atoms with Crippen molar-refractivity contribution in [1.29, 1.82) is 0 Å². The molecule has 0 aliphatic carbocycles. The summed E-state index contributed by atoms with van der Waals surface area (Å²) >= 11 is 0. The summed E-state index contributed by atoms with van der Waals surface area (Å²) in [6.45, 7) is 3.58. The summed E-state index contributed by atoms with van der Waals surface area (Å²) in [6, 6.07) is 0. The van der Waals surface area contributed by atoms with Gasteiger partial charge in [-0.2, -0.15) is 5.10 Å². The number of carbonyl (C=O) groups is 1. The summed E-state index contributed by atoms with van der Waals surface area (Å²) < 4.78 is 1.36. The lowest BCUT2D eigenvalue weighted by Gasteiger charge is -2.19. The molecule has 0 amide bonds. The SMILES string of the molecule is CCc1nn(C)c(N(CC)CC(=O)O)c1[N+](=O)[O-]. The predicted molar refractivity (Wildman–Crippen MR) is 64.8 cm³/mol. The van der Waals surface area contributed by atoms with Gasteiger partial charge in [-0.3, -0.25) is 14.9 Å². The Balaban J connectivity index is 3.32. The Morgan fingerprint density at radius 2 is 2.17 bits per heavy atom. The molecule has 0 aliphatic heterocycles. The lowest BCUT2D eigenvalue weighted by Crippen LogP contribution is -2.31. The number of nitrogens with zero attached hydrogens (tertiary/aromatic N) is 4. The molecule has 0 saturated carbocycles. The van der Waals surface area contributed by atoms with Crippen LogP contribution in [0.2, 0.25) is 0 Å². The number of carboxylic acids is 1. The molecule has 8 heteroatoms. The van der Waals surface area contributed by atoms with Crippen LogP contribution < -0.4 is 4.90 Å². The van der Waals surface area contributed by atoms with Crippen LogP contribution in [0.3, 0.4) is 0 Å². The second kappa shape index (κ2) is 5.48. The molecular formula is C10H16N4O4. The molecule has 18 heavy (non-hydrogen) atoms. The summed E-state index contributed by atoms with van der Waals surface area (Å²) in [5, 5.41) is 24.0. The molecule has 1 N–H and O–H groups in total. The van der Waals surface area contributed by atoms with Gasteiger partial charge in [0.1, 0.15) is 12.2 Å². The molecular weight excluding hydrogens is 240 g/mol. The van der Waals surface area contributed by atoms with Crippen LogP contribution in [0.25, 0.3) is 0 Å². The quantitative estimate of drug-likeness (QED) is 0.596.